The molecule has 4 rings (SSSR count). The number of halogens is 1. The average Bonchev–Trinajstić information content (AvgIpc) is 2.87. The van der Waals surface area contributed by atoms with E-state index in [1.807, 2.05) is 0 Å². The van der Waals surface area contributed by atoms with Gasteiger partial charge in [-0.15, -0.1) is 0 Å². The number of likely N-dealkylation sites (N-methyl/N-ethyl adjacent to an activating group) is 1. The molecule has 0 N–H and O–H groups in total. The molecule has 0 saturated carbocycles. The van der Waals surface area contributed by atoms with Crippen molar-refractivity contribution >= 4 is 27.7 Å². The van der Waals surface area contributed by atoms with Crippen molar-refractivity contribution in [1.29, 1.82) is 0 Å². The molecule has 2 aliphatic rings. The highest BCUT2D eigenvalue weighted by molar-refractivity contribution is 9.10. The molecule has 88 valence electrons. The zero-order valence-corrected chi connectivity index (χ0v) is 11.6. The minimum atomic E-state index is 0.425. The van der Waals surface area contributed by atoms with E-state index in [2.05, 4.69) is 76.4 Å². The topological polar surface area (TPSA) is 3.24 Å². The normalized spacial score (nSPS) is 19.3. The molecular weight excluding hydrogens is 286 g/mol. The van der Waals surface area contributed by atoms with Crippen LogP contribution in [0.2, 0.25) is 0 Å². The number of anilines is 1. The summed E-state index contributed by atoms with van der Waals surface area (Å²) in [6.45, 7) is 0. The van der Waals surface area contributed by atoms with Crippen LogP contribution in [0, 0.1) is 0 Å². The van der Waals surface area contributed by atoms with Crippen molar-refractivity contribution in [1.82, 2.24) is 0 Å². The summed E-state index contributed by atoms with van der Waals surface area (Å²) >= 11 is 3.55. The highest BCUT2D eigenvalue weighted by Crippen LogP contribution is 2.51. The summed E-state index contributed by atoms with van der Waals surface area (Å²) in [5.41, 5.74) is 6.91. The Morgan fingerprint density at radius 1 is 1.06 bits per heavy atom. The smallest absolute Gasteiger partial charge is 0.0519 e. The molecule has 18 heavy (non-hydrogen) atoms. The predicted octanol–water partition coefficient (Wildman–Crippen LogP) is 4.39. The summed E-state index contributed by atoms with van der Waals surface area (Å²) in [6.07, 6.45) is 2.31. The second kappa shape index (κ2) is 3.48. The van der Waals surface area contributed by atoms with Crippen LogP contribution < -0.4 is 4.90 Å². The number of para-hydroxylation sites is 1. The lowest BCUT2D eigenvalue weighted by molar-refractivity contribution is 0.990. The maximum atomic E-state index is 3.55. The second-order valence-electron chi connectivity index (χ2n) is 4.89. The molecule has 0 spiro atoms. The summed E-state index contributed by atoms with van der Waals surface area (Å²) in [4.78, 5) is 2.31. The van der Waals surface area contributed by atoms with E-state index in [0.717, 1.165) is 4.47 Å². The van der Waals surface area contributed by atoms with Crippen LogP contribution >= 0.6 is 15.9 Å². The van der Waals surface area contributed by atoms with Crippen molar-refractivity contribution in [3.63, 3.8) is 0 Å². The summed E-state index contributed by atoms with van der Waals surface area (Å²) in [7, 11) is 2.16. The van der Waals surface area contributed by atoms with Crippen LogP contribution in [-0.2, 0) is 0 Å². The Bertz CT molecular complexity index is 687. The first kappa shape index (κ1) is 10.4. The van der Waals surface area contributed by atoms with Crippen LogP contribution in [0.4, 0.5) is 5.69 Å². The lowest BCUT2D eigenvalue weighted by Gasteiger charge is -2.14. The molecule has 0 radical (unpaired) electrons. The van der Waals surface area contributed by atoms with Gasteiger partial charge in [-0.1, -0.05) is 40.2 Å². The van der Waals surface area contributed by atoms with Crippen LogP contribution in [0.5, 0.6) is 0 Å². The van der Waals surface area contributed by atoms with Gasteiger partial charge in [0.25, 0.3) is 0 Å². The fourth-order valence-electron chi connectivity index (χ4n) is 3.13. The molecule has 1 unspecified atom stereocenters. The van der Waals surface area contributed by atoms with Crippen molar-refractivity contribution in [2.45, 2.75) is 5.92 Å². The maximum Gasteiger partial charge on any atom is 0.0519 e. The molecule has 0 aromatic heterocycles. The SMILES string of the molecule is CN1C2=Cc3cc(Br)ccc3C2c2ccccc21. The minimum absolute atomic E-state index is 0.425. The van der Waals surface area contributed by atoms with Crippen LogP contribution in [0.15, 0.2) is 52.6 Å². The van der Waals surface area contributed by atoms with Gasteiger partial charge in [-0.3, -0.25) is 0 Å². The van der Waals surface area contributed by atoms with Gasteiger partial charge in [-0.2, -0.15) is 0 Å². The standard InChI is InChI=1S/C16H12BrN/c1-18-14-5-3-2-4-13(14)16-12-7-6-11(17)8-10(12)9-15(16)18/h2-9,16H,1H3. The van der Waals surface area contributed by atoms with E-state index < -0.39 is 0 Å². The number of nitrogens with zero attached hydrogens (tertiary/aromatic N) is 1. The Balaban J connectivity index is 1.98. The van der Waals surface area contributed by atoms with Crippen LogP contribution in [0.1, 0.15) is 22.6 Å². The van der Waals surface area contributed by atoms with Gasteiger partial charge < -0.3 is 4.90 Å². The van der Waals surface area contributed by atoms with Gasteiger partial charge in [0.2, 0.25) is 0 Å². The Morgan fingerprint density at radius 3 is 2.78 bits per heavy atom. The molecule has 1 aliphatic carbocycles. The number of rotatable bonds is 0. The highest BCUT2D eigenvalue weighted by Gasteiger charge is 2.36. The first-order chi connectivity index (χ1) is 8.75. The van der Waals surface area contributed by atoms with Gasteiger partial charge in [0, 0.05) is 22.9 Å². The third-order valence-corrected chi connectivity index (χ3v) is 4.45. The van der Waals surface area contributed by atoms with Gasteiger partial charge in [0.05, 0.1) is 5.92 Å². The van der Waals surface area contributed by atoms with E-state index in [-0.39, 0.29) is 0 Å². The Labute approximate surface area is 115 Å². The van der Waals surface area contributed by atoms with Crippen molar-refractivity contribution in [3.05, 3.63) is 69.3 Å². The van der Waals surface area contributed by atoms with Crippen molar-refractivity contribution in [2.24, 2.45) is 0 Å². The molecular formula is C16H12BrN. The van der Waals surface area contributed by atoms with Gasteiger partial charge >= 0.3 is 0 Å². The number of allylic oxidation sites excluding steroid dienone is 1. The molecule has 0 amide bonds. The summed E-state index contributed by atoms with van der Waals surface area (Å²) in [5.74, 6) is 0.425. The largest absolute Gasteiger partial charge is 0.347 e. The Morgan fingerprint density at radius 2 is 1.89 bits per heavy atom. The number of fused-ring (bicyclic) bond motifs is 5. The lowest BCUT2D eigenvalue weighted by atomic mass is 9.93. The molecule has 1 atom stereocenters. The fraction of sp³-hybridized carbons (Fsp3) is 0.125. The van der Waals surface area contributed by atoms with Crippen molar-refractivity contribution < 1.29 is 0 Å². The maximum absolute atomic E-state index is 3.55. The van der Waals surface area contributed by atoms with E-state index in [9.17, 15) is 0 Å². The molecule has 2 heteroatoms. The van der Waals surface area contributed by atoms with Gasteiger partial charge in [0.1, 0.15) is 0 Å². The molecule has 0 saturated heterocycles. The fourth-order valence-corrected chi connectivity index (χ4v) is 3.51. The third-order valence-electron chi connectivity index (χ3n) is 3.96. The molecule has 2 aromatic carbocycles. The Hall–Kier alpha value is -1.54. The van der Waals surface area contributed by atoms with Crippen LogP contribution in [-0.4, -0.2) is 7.05 Å². The van der Waals surface area contributed by atoms with E-state index in [4.69, 9.17) is 0 Å². The zero-order chi connectivity index (χ0) is 12.3. The first-order valence-electron chi connectivity index (χ1n) is 6.09. The first-order valence-corrected chi connectivity index (χ1v) is 6.89. The molecule has 0 bridgehead atoms. The number of benzene rings is 2. The zero-order valence-electron chi connectivity index (χ0n) is 10.0. The third kappa shape index (κ3) is 1.21. The van der Waals surface area contributed by atoms with Gasteiger partial charge in [0.15, 0.2) is 0 Å². The summed E-state index contributed by atoms with van der Waals surface area (Å²) in [5, 5.41) is 0. The van der Waals surface area contributed by atoms with Gasteiger partial charge in [-0.25, -0.2) is 0 Å². The Kier molecular flexibility index (Phi) is 2.01. The van der Waals surface area contributed by atoms with Crippen molar-refractivity contribution in [3.8, 4) is 0 Å². The summed E-state index contributed by atoms with van der Waals surface area (Å²) in [6, 6.07) is 15.3. The number of hydrogen-bond donors (Lipinski definition) is 0. The van der Waals surface area contributed by atoms with E-state index in [0.29, 0.717) is 5.92 Å². The highest BCUT2D eigenvalue weighted by atomic mass is 79.9. The van der Waals surface area contributed by atoms with E-state index in [1.54, 1.807) is 0 Å². The molecule has 1 aliphatic heterocycles. The van der Waals surface area contributed by atoms with Crippen molar-refractivity contribution in [2.75, 3.05) is 11.9 Å². The molecule has 2 aromatic rings. The van der Waals surface area contributed by atoms with Crippen LogP contribution in [0.25, 0.3) is 6.08 Å². The van der Waals surface area contributed by atoms with Gasteiger partial charge in [-0.05, 0) is 41.0 Å². The molecule has 1 heterocycles. The molecule has 0 fully saturated rings. The summed E-state index contributed by atoms with van der Waals surface area (Å²) < 4.78 is 1.15. The van der Waals surface area contributed by atoms with E-state index in [1.165, 1.54) is 28.1 Å². The quantitative estimate of drug-likeness (QED) is 0.697. The molecule has 1 nitrogen and oxygen atoms in total. The van der Waals surface area contributed by atoms with E-state index >= 15 is 0 Å². The van der Waals surface area contributed by atoms with Crippen LogP contribution in [0.3, 0.4) is 0 Å². The number of hydrogen-bond acceptors (Lipinski definition) is 1. The predicted molar refractivity (Wildman–Crippen MR) is 78.8 cm³/mol. The lowest BCUT2D eigenvalue weighted by Crippen LogP contribution is -2.11. The second-order valence-corrected chi connectivity index (χ2v) is 5.81. The monoisotopic (exact) mass is 297 g/mol. The average molecular weight is 298 g/mol. The minimum Gasteiger partial charge on any atom is -0.347 e.